The molecule has 0 aliphatic rings. The number of halogens is 2. The summed E-state index contributed by atoms with van der Waals surface area (Å²) in [5.74, 6) is -1.30. The third-order valence-electron chi connectivity index (χ3n) is 1.89. The van der Waals surface area contributed by atoms with Gasteiger partial charge >= 0.3 is 5.97 Å². The van der Waals surface area contributed by atoms with E-state index in [0.29, 0.717) is 5.56 Å². The Morgan fingerprint density at radius 3 is 2.53 bits per heavy atom. The van der Waals surface area contributed by atoms with Gasteiger partial charge in [-0.1, -0.05) is 39.7 Å². The zero-order chi connectivity index (χ0) is 11.6. The Morgan fingerprint density at radius 1 is 1.47 bits per heavy atom. The van der Waals surface area contributed by atoms with E-state index in [0.717, 1.165) is 0 Å². The van der Waals surface area contributed by atoms with Crippen molar-refractivity contribution in [3.05, 3.63) is 34.3 Å². The monoisotopic (exact) mass is 290 g/mol. The highest BCUT2D eigenvalue weighted by Gasteiger charge is 2.22. The van der Waals surface area contributed by atoms with Crippen LogP contribution in [-0.4, -0.2) is 16.9 Å². The van der Waals surface area contributed by atoms with Crippen molar-refractivity contribution in [3.63, 3.8) is 0 Å². The Kier molecular flexibility index (Phi) is 3.88. The quantitative estimate of drug-likeness (QED) is 0.871. The summed E-state index contributed by atoms with van der Waals surface area (Å²) in [4.78, 5) is 21.5. The number of benzene rings is 1. The average Bonchev–Trinajstić information content (AvgIpc) is 2.15. The van der Waals surface area contributed by atoms with Gasteiger partial charge in [-0.25, -0.2) is 4.79 Å². The zero-order valence-corrected chi connectivity index (χ0v) is 10.2. The number of Topliss-reactive ketones (excluding diaryl/α,β-unsaturated/α-hetero) is 1. The molecule has 0 saturated heterocycles. The van der Waals surface area contributed by atoms with Crippen LogP contribution in [0.15, 0.2) is 18.2 Å². The highest BCUT2D eigenvalue weighted by Crippen LogP contribution is 2.30. The Labute approximate surface area is 100 Å². The third kappa shape index (κ3) is 2.58. The molecule has 0 amide bonds. The van der Waals surface area contributed by atoms with Crippen LogP contribution in [0, 0.1) is 0 Å². The molecule has 0 fully saturated rings. The molecule has 0 aromatic heterocycles. The average molecular weight is 292 g/mol. The third-order valence-corrected chi connectivity index (χ3v) is 3.34. The molecule has 1 rings (SSSR count). The van der Waals surface area contributed by atoms with Gasteiger partial charge < -0.3 is 5.11 Å². The second-order valence-electron chi connectivity index (χ2n) is 2.98. The predicted molar refractivity (Wildman–Crippen MR) is 60.8 cm³/mol. The number of ketones is 1. The van der Waals surface area contributed by atoms with Crippen LogP contribution in [0.4, 0.5) is 0 Å². The van der Waals surface area contributed by atoms with Crippen LogP contribution >= 0.6 is 27.5 Å². The fourth-order valence-electron chi connectivity index (χ4n) is 1.20. The zero-order valence-electron chi connectivity index (χ0n) is 7.83. The number of carboxylic acids is 1. The summed E-state index contributed by atoms with van der Waals surface area (Å²) in [7, 11) is 0. The second-order valence-corrected chi connectivity index (χ2v) is 4.31. The maximum atomic E-state index is 11.1. The van der Waals surface area contributed by atoms with Crippen molar-refractivity contribution in [3.8, 4) is 0 Å². The molecule has 0 heterocycles. The summed E-state index contributed by atoms with van der Waals surface area (Å²) >= 11 is 8.89. The number of alkyl halides is 1. The number of carboxylic acid groups (broad SMARTS) is 1. The second kappa shape index (κ2) is 4.77. The smallest absolute Gasteiger partial charge is 0.337 e. The summed E-state index contributed by atoms with van der Waals surface area (Å²) in [6.07, 6.45) is 0. The van der Waals surface area contributed by atoms with Gasteiger partial charge in [0.2, 0.25) is 0 Å². The maximum absolute atomic E-state index is 11.1. The number of hydrogen-bond donors (Lipinski definition) is 1. The first-order valence-corrected chi connectivity index (χ1v) is 5.40. The summed E-state index contributed by atoms with van der Waals surface area (Å²) in [6.45, 7) is 1.38. The SMILES string of the molecule is CC(=O)C(Br)c1cccc(Cl)c1C(=O)O. The molecule has 0 bridgehead atoms. The lowest BCUT2D eigenvalue weighted by molar-refractivity contribution is -0.116. The first-order valence-electron chi connectivity index (χ1n) is 4.11. The van der Waals surface area contributed by atoms with Crippen LogP contribution in [0.3, 0.4) is 0 Å². The molecule has 80 valence electrons. The predicted octanol–water partition coefficient (Wildman–Crippen LogP) is 3.06. The molecule has 0 spiro atoms. The van der Waals surface area contributed by atoms with Crippen molar-refractivity contribution in [2.45, 2.75) is 11.8 Å². The van der Waals surface area contributed by atoms with Crippen LogP contribution in [0.25, 0.3) is 0 Å². The number of carbonyl (C=O) groups is 2. The molecule has 0 aliphatic heterocycles. The van der Waals surface area contributed by atoms with Crippen molar-refractivity contribution >= 4 is 39.3 Å². The first kappa shape index (κ1) is 12.2. The fraction of sp³-hybridized carbons (Fsp3) is 0.200. The molecule has 0 saturated carbocycles. The lowest BCUT2D eigenvalue weighted by Gasteiger charge is -2.10. The van der Waals surface area contributed by atoms with Crippen LogP contribution in [0.2, 0.25) is 5.02 Å². The van der Waals surface area contributed by atoms with Gasteiger partial charge in [-0.3, -0.25) is 4.79 Å². The minimum atomic E-state index is -1.14. The van der Waals surface area contributed by atoms with Crippen molar-refractivity contribution in [2.75, 3.05) is 0 Å². The maximum Gasteiger partial charge on any atom is 0.337 e. The van der Waals surface area contributed by atoms with E-state index in [1.165, 1.54) is 13.0 Å². The number of rotatable bonds is 3. The van der Waals surface area contributed by atoms with E-state index in [1.54, 1.807) is 12.1 Å². The van der Waals surface area contributed by atoms with E-state index < -0.39 is 10.8 Å². The molecule has 1 unspecified atom stereocenters. The van der Waals surface area contributed by atoms with Crippen molar-refractivity contribution in [1.29, 1.82) is 0 Å². The topological polar surface area (TPSA) is 54.4 Å². The van der Waals surface area contributed by atoms with Gasteiger partial charge in [-0.15, -0.1) is 0 Å². The highest BCUT2D eigenvalue weighted by atomic mass is 79.9. The molecule has 1 atom stereocenters. The minimum absolute atomic E-state index is 0.0313. The lowest BCUT2D eigenvalue weighted by Crippen LogP contribution is -2.09. The van der Waals surface area contributed by atoms with Crippen molar-refractivity contribution in [1.82, 2.24) is 0 Å². The normalized spacial score (nSPS) is 12.2. The van der Waals surface area contributed by atoms with E-state index in [9.17, 15) is 9.59 Å². The van der Waals surface area contributed by atoms with E-state index in [-0.39, 0.29) is 16.4 Å². The molecule has 1 aromatic carbocycles. The Hall–Kier alpha value is -0.870. The summed E-state index contributed by atoms with van der Waals surface area (Å²) in [6, 6.07) is 4.66. The van der Waals surface area contributed by atoms with Gasteiger partial charge in [0.1, 0.15) is 5.78 Å². The summed E-state index contributed by atoms with van der Waals surface area (Å²) in [5, 5.41) is 9.09. The van der Waals surface area contributed by atoms with Crippen LogP contribution < -0.4 is 0 Å². The summed E-state index contributed by atoms with van der Waals surface area (Å²) in [5.41, 5.74) is 0.346. The molecule has 3 nitrogen and oxygen atoms in total. The molecule has 0 radical (unpaired) electrons. The van der Waals surface area contributed by atoms with Crippen molar-refractivity contribution in [2.24, 2.45) is 0 Å². The van der Waals surface area contributed by atoms with E-state index in [4.69, 9.17) is 16.7 Å². The molecule has 1 N–H and O–H groups in total. The highest BCUT2D eigenvalue weighted by molar-refractivity contribution is 9.09. The number of aromatic carboxylic acids is 1. The van der Waals surface area contributed by atoms with Gasteiger partial charge in [0.25, 0.3) is 0 Å². The van der Waals surface area contributed by atoms with Crippen molar-refractivity contribution < 1.29 is 14.7 Å². The summed E-state index contributed by atoms with van der Waals surface area (Å²) < 4.78 is 0. The molecule has 1 aromatic rings. The molecule has 0 aliphatic carbocycles. The number of hydrogen-bond acceptors (Lipinski definition) is 2. The largest absolute Gasteiger partial charge is 0.478 e. The van der Waals surface area contributed by atoms with E-state index >= 15 is 0 Å². The van der Waals surface area contributed by atoms with Gasteiger partial charge in [-0.2, -0.15) is 0 Å². The Bertz CT molecular complexity index is 417. The van der Waals surface area contributed by atoms with Crippen LogP contribution in [0.5, 0.6) is 0 Å². The first-order chi connectivity index (χ1) is 6.95. The Morgan fingerprint density at radius 2 is 2.07 bits per heavy atom. The van der Waals surface area contributed by atoms with Crippen LogP contribution in [-0.2, 0) is 4.79 Å². The molecule has 15 heavy (non-hydrogen) atoms. The molecular weight excluding hydrogens is 283 g/mol. The van der Waals surface area contributed by atoms with Gasteiger partial charge in [-0.05, 0) is 18.6 Å². The van der Waals surface area contributed by atoms with E-state index in [1.807, 2.05) is 0 Å². The van der Waals surface area contributed by atoms with Gasteiger partial charge in [0.15, 0.2) is 0 Å². The molecule has 5 heteroatoms. The fourth-order valence-corrected chi connectivity index (χ4v) is 1.84. The number of carbonyl (C=O) groups excluding carboxylic acids is 1. The minimum Gasteiger partial charge on any atom is -0.478 e. The van der Waals surface area contributed by atoms with Gasteiger partial charge in [0.05, 0.1) is 15.4 Å². The lowest BCUT2D eigenvalue weighted by atomic mass is 10.0. The van der Waals surface area contributed by atoms with Crippen LogP contribution in [0.1, 0.15) is 27.7 Å². The molecular formula is C10H8BrClO3. The standard InChI is InChI=1S/C10H8BrClO3/c1-5(13)9(11)6-3-2-4-7(12)8(6)10(14)15/h2-4,9H,1H3,(H,14,15). The van der Waals surface area contributed by atoms with Gasteiger partial charge in [0, 0.05) is 0 Å². The van der Waals surface area contributed by atoms with E-state index in [2.05, 4.69) is 15.9 Å². The Balaban J connectivity index is 3.35.